The van der Waals surface area contributed by atoms with E-state index < -0.39 is 0 Å². The Morgan fingerprint density at radius 1 is 1.10 bits per heavy atom. The van der Waals surface area contributed by atoms with Gasteiger partial charge in [-0.15, -0.1) is 0 Å². The Hall–Kier alpha value is -0.800. The van der Waals surface area contributed by atoms with Gasteiger partial charge in [0.15, 0.2) is 0 Å². The first-order chi connectivity index (χ1) is 9.65. The van der Waals surface area contributed by atoms with Crippen LogP contribution in [0.25, 0.3) is 0 Å². The zero-order valence-corrected chi connectivity index (χ0v) is 14.5. The molecule has 1 heterocycles. The van der Waals surface area contributed by atoms with Crippen molar-refractivity contribution in [1.29, 1.82) is 0 Å². The molecule has 0 spiro atoms. The van der Waals surface area contributed by atoms with Crippen molar-refractivity contribution < 1.29 is 4.74 Å². The van der Waals surface area contributed by atoms with Crippen LogP contribution in [0, 0.1) is 6.92 Å². The molecule has 1 aliphatic heterocycles. The third kappa shape index (κ3) is 2.79. The topological polar surface area (TPSA) is 9.23 Å². The Labute approximate surface area is 136 Å². The summed E-state index contributed by atoms with van der Waals surface area (Å²) in [5.41, 5.74) is 5.15. The van der Waals surface area contributed by atoms with Crippen LogP contribution in [-0.4, -0.2) is 6.61 Å². The van der Waals surface area contributed by atoms with Gasteiger partial charge in [-0.3, -0.25) is 0 Å². The molecule has 104 valence electrons. The van der Waals surface area contributed by atoms with Crippen molar-refractivity contribution in [1.82, 2.24) is 0 Å². The lowest BCUT2D eigenvalue weighted by molar-refractivity contribution is 0.288. The Balaban J connectivity index is 1.93. The van der Waals surface area contributed by atoms with Crippen molar-refractivity contribution in [2.75, 3.05) is 6.61 Å². The lowest BCUT2D eigenvalue weighted by atomic mass is 9.98. The molecule has 0 N–H and O–H groups in total. The number of fused-ring (bicyclic) bond motifs is 1. The molecular formula is C17H16Br2O. The molecule has 3 heteroatoms. The van der Waals surface area contributed by atoms with Gasteiger partial charge in [0.2, 0.25) is 0 Å². The molecule has 1 aliphatic rings. The summed E-state index contributed by atoms with van der Waals surface area (Å²) in [6, 6.07) is 13.0. The number of rotatable bonds is 2. The van der Waals surface area contributed by atoms with Crippen molar-refractivity contribution in [2.45, 2.75) is 24.6 Å². The summed E-state index contributed by atoms with van der Waals surface area (Å²) in [4.78, 5) is 0.224. The van der Waals surface area contributed by atoms with Crippen LogP contribution in [0.5, 0.6) is 5.75 Å². The molecule has 0 aromatic heterocycles. The average molecular weight is 396 g/mol. The van der Waals surface area contributed by atoms with Crippen molar-refractivity contribution in [3.63, 3.8) is 0 Å². The van der Waals surface area contributed by atoms with Crippen LogP contribution in [0.3, 0.4) is 0 Å². The van der Waals surface area contributed by atoms with E-state index in [9.17, 15) is 0 Å². The number of aryl methyl sites for hydroxylation is 2. The maximum Gasteiger partial charge on any atom is 0.122 e. The second kappa shape index (κ2) is 5.90. The normalized spacial score (nSPS) is 15.3. The number of alkyl halides is 1. The summed E-state index contributed by atoms with van der Waals surface area (Å²) in [7, 11) is 0. The van der Waals surface area contributed by atoms with E-state index in [1.807, 2.05) is 0 Å². The smallest absolute Gasteiger partial charge is 0.122 e. The molecule has 0 aliphatic carbocycles. The molecule has 3 rings (SSSR count). The maximum absolute atomic E-state index is 5.68. The van der Waals surface area contributed by atoms with E-state index in [4.69, 9.17) is 4.74 Å². The Kier molecular flexibility index (Phi) is 4.18. The van der Waals surface area contributed by atoms with Crippen LogP contribution in [0.2, 0.25) is 0 Å². The molecule has 2 aromatic rings. The minimum absolute atomic E-state index is 0.224. The van der Waals surface area contributed by atoms with Crippen LogP contribution in [0.4, 0.5) is 0 Å². The molecule has 0 fully saturated rings. The van der Waals surface area contributed by atoms with Crippen molar-refractivity contribution >= 4 is 31.9 Å². The van der Waals surface area contributed by atoms with Gasteiger partial charge in [0.25, 0.3) is 0 Å². The summed E-state index contributed by atoms with van der Waals surface area (Å²) in [5, 5.41) is 0. The van der Waals surface area contributed by atoms with E-state index in [0.717, 1.165) is 29.7 Å². The van der Waals surface area contributed by atoms with Gasteiger partial charge in [0.1, 0.15) is 5.75 Å². The summed E-state index contributed by atoms with van der Waals surface area (Å²) in [6.07, 6.45) is 2.23. The standard InChI is InChI=1S/C17H16Br2O/c1-11-9-13(4-6-15(11)18)17(19)14-5-7-16-12(10-14)3-2-8-20-16/h4-7,9-10,17H,2-3,8H2,1H3. The van der Waals surface area contributed by atoms with Crippen molar-refractivity contribution in [2.24, 2.45) is 0 Å². The maximum atomic E-state index is 5.68. The number of hydrogen-bond donors (Lipinski definition) is 0. The Morgan fingerprint density at radius 3 is 2.65 bits per heavy atom. The lowest BCUT2D eigenvalue weighted by Crippen LogP contribution is -2.08. The Morgan fingerprint density at radius 2 is 1.85 bits per heavy atom. The highest BCUT2D eigenvalue weighted by molar-refractivity contribution is 9.10. The summed E-state index contributed by atoms with van der Waals surface area (Å²) in [5.74, 6) is 1.05. The van der Waals surface area contributed by atoms with Gasteiger partial charge in [0, 0.05) is 4.47 Å². The van der Waals surface area contributed by atoms with Gasteiger partial charge in [-0.05, 0) is 54.2 Å². The minimum Gasteiger partial charge on any atom is -0.493 e. The van der Waals surface area contributed by atoms with E-state index in [0.29, 0.717) is 0 Å². The molecule has 0 saturated heterocycles. The highest BCUT2D eigenvalue weighted by Crippen LogP contribution is 2.36. The highest BCUT2D eigenvalue weighted by Gasteiger charge is 2.16. The quantitative estimate of drug-likeness (QED) is 0.604. The van der Waals surface area contributed by atoms with Crippen LogP contribution in [-0.2, 0) is 6.42 Å². The van der Waals surface area contributed by atoms with Crippen LogP contribution in [0.15, 0.2) is 40.9 Å². The number of ether oxygens (including phenoxy) is 1. The summed E-state index contributed by atoms with van der Waals surface area (Å²) >= 11 is 7.38. The SMILES string of the molecule is Cc1cc(C(Br)c2ccc3c(c2)CCCO3)ccc1Br. The van der Waals surface area contributed by atoms with Crippen LogP contribution < -0.4 is 4.74 Å². The first kappa shape index (κ1) is 14.2. The van der Waals surface area contributed by atoms with E-state index in [1.54, 1.807) is 0 Å². The highest BCUT2D eigenvalue weighted by atomic mass is 79.9. The molecule has 2 aromatic carbocycles. The molecular weight excluding hydrogens is 380 g/mol. The molecule has 0 radical (unpaired) electrons. The molecule has 0 bridgehead atoms. The first-order valence-electron chi connectivity index (χ1n) is 6.81. The van der Waals surface area contributed by atoms with Gasteiger partial charge in [-0.25, -0.2) is 0 Å². The second-order valence-corrected chi connectivity index (χ2v) is 6.96. The van der Waals surface area contributed by atoms with Gasteiger partial charge in [0.05, 0.1) is 11.4 Å². The van der Waals surface area contributed by atoms with Gasteiger partial charge in [-0.1, -0.05) is 56.1 Å². The number of benzene rings is 2. The number of hydrogen-bond acceptors (Lipinski definition) is 1. The predicted octanol–water partition coefficient (Wildman–Crippen LogP) is 5.57. The van der Waals surface area contributed by atoms with E-state index >= 15 is 0 Å². The molecule has 1 nitrogen and oxygen atoms in total. The zero-order chi connectivity index (χ0) is 14.1. The Bertz CT molecular complexity index is 637. The largest absolute Gasteiger partial charge is 0.493 e. The fourth-order valence-corrected chi connectivity index (χ4v) is 3.37. The lowest BCUT2D eigenvalue weighted by Gasteiger charge is -2.20. The van der Waals surface area contributed by atoms with Gasteiger partial charge >= 0.3 is 0 Å². The second-order valence-electron chi connectivity index (χ2n) is 5.19. The molecule has 1 unspecified atom stereocenters. The predicted molar refractivity (Wildman–Crippen MR) is 89.9 cm³/mol. The van der Waals surface area contributed by atoms with E-state index in [2.05, 4.69) is 75.2 Å². The monoisotopic (exact) mass is 394 g/mol. The molecule has 0 amide bonds. The molecule has 20 heavy (non-hydrogen) atoms. The summed E-state index contributed by atoms with van der Waals surface area (Å²) in [6.45, 7) is 2.96. The third-order valence-corrected chi connectivity index (χ3v) is 5.65. The van der Waals surface area contributed by atoms with Gasteiger partial charge < -0.3 is 4.74 Å². The molecule has 0 saturated carbocycles. The fourth-order valence-electron chi connectivity index (χ4n) is 2.56. The van der Waals surface area contributed by atoms with E-state index in [-0.39, 0.29) is 4.83 Å². The first-order valence-corrected chi connectivity index (χ1v) is 8.52. The van der Waals surface area contributed by atoms with Crippen molar-refractivity contribution in [3.8, 4) is 5.75 Å². The fraction of sp³-hybridized carbons (Fsp3) is 0.294. The summed E-state index contributed by atoms with van der Waals surface area (Å²) < 4.78 is 6.83. The van der Waals surface area contributed by atoms with Crippen LogP contribution in [0.1, 0.15) is 33.5 Å². The van der Waals surface area contributed by atoms with Gasteiger partial charge in [-0.2, -0.15) is 0 Å². The zero-order valence-electron chi connectivity index (χ0n) is 11.3. The average Bonchev–Trinajstić information content (AvgIpc) is 2.49. The van der Waals surface area contributed by atoms with Crippen LogP contribution >= 0.6 is 31.9 Å². The van der Waals surface area contributed by atoms with Crippen molar-refractivity contribution in [3.05, 3.63) is 63.1 Å². The minimum atomic E-state index is 0.224. The third-order valence-electron chi connectivity index (χ3n) is 3.70. The van der Waals surface area contributed by atoms with E-state index in [1.165, 1.54) is 22.3 Å². The number of halogens is 2. The molecule has 1 atom stereocenters.